The van der Waals surface area contributed by atoms with Gasteiger partial charge >= 0.3 is 0 Å². The van der Waals surface area contributed by atoms with E-state index in [-0.39, 0.29) is 11.6 Å². The summed E-state index contributed by atoms with van der Waals surface area (Å²) < 4.78 is 29.0. The quantitative estimate of drug-likeness (QED) is 0.579. The molecule has 0 aliphatic heterocycles. The van der Waals surface area contributed by atoms with Crippen LogP contribution in [0.5, 0.6) is 0 Å². The third-order valence-electron chi connectivity index (χ3n) is 3.61. The molecule has 0 radical (unpaired) electrons. The van der Waals surface area contributed by atoms with Crippen LogP contribution in [-0.4, -0.2) is 14.9 Å². The van der Waals surface area contributed by atoms with Crippen molar-refractivity contribution in [2.45, 2.75) is 13.1 Å². The molecule has 0 saturated carbocycles. The number of nitrogens with zero attached hydrogens (tertiary/aromatic N) is 2. The molecule has 134 valence electrons. The molecule has 0 aliphatic carbocycles. The number of rotatable bonds is 5. The molecule has 0 amide bonds. The van der Waals surface area contributed by atoms with E-state index in [0.29, 0.717) is 34.1 Å². The molecule has 2 aromatic carbocycles. The van der Waals surface area contributed by atoms with Gasteiger partial charge < -0.3 is 10.6 Å². The van der Waals surface area contributed by atoms with Crippen molar-refractivity contribution in [2.75, 3.05) is 5.32 Å². The van der Waals surface area contributed by atoms with E-state index >= 15 is 0 Å². The first-order chi connectivity index (χ1) is 12.5. The first-order valence-electron chi connectivity index (χ1n) is 7.77. The van der Waals surface area contributed by atoms with E-state index in [1.165, 1.54) is 18.2 Å². The minimum absolute atomic E-state index is 0.273. The summed E-state index contributed by atoms with van der Waals surface area (Å²) >= 11 is 8.67. The Hall–Kier alpha value is -2.32. The van der Waals surface area contributed by atoms with Crippen molar-refractivity contribution >= 4 is 39.1 Å². The zero-order valence-electron chi connectivity index (χ0n) is 13.5. The van der Waals surface area contributed by atoms with Crippen molar-refractivity contribution in [1.82, 2.24) is 15.1 Å². The third-order valence-corrected chi connectivity index (χ3v) is 4.43. The monoisotopic (exact) mass is 436 g/mol. The lowest BCUT2D eigenvalue weighted by atomic mass is 10.2. The lowest BCUT2D eigenvalue weighted by Gasteiger charge is -2.09. The predicted molar refractivity (Wildman–Crippen MR) is 105 cm³/mol. The fourth-order valence-corrected chi connectivity index (χ4v) is 2.88. The predicted octanol–water partition coefficient (Wildman–Crippen LogP) is 4.46. The summed E-state index contributed by atoms with van der Waals surface area (Å²) in [5.41, 5.74) is 1.45. The van der Waals surface area contributed by atoms with Crippen molar-refractivity contribution in [3.8, 4) is 0 Å². The SMILES string of the molecule is Fc1ccc(CNC(=S)Nc2nn(Cc3ccccc3F)cc2Br)cc1. The third kappa shape index (κ3) is 4.86. The van der Waals surface area contributed by atoms with Gasteiger partial charge in [0.05, 0.1) is 11.0 Å². The molecule has 3 aromatic rings. The van der Waals surface area contributed by atoms with Gasteiger partial charge in [-0.25, -0.2) is 8.78 Å². The highest BCUT2D eigenvalue weighted by atomic mass is 79.9. The smallest absolute Gasteiger partial charge is 0.172 e. The van der Waals surface area contributed by atoms with Crippen LogP contribution >= 0.6 is 28.1 Å². The topological polar surface area (TPSA) is 41.9 Å². The summed E-state index contributed by atoms with van der Waals surface area (Å²) in [5.74, 6) is -0.0261. The summed E-state index contributed by atoms with van der Waals surface area (Å²) in [6.07, 6.45) is 1.75. The van der Waals surface area contributed by atoms with Crippen LogP contribution in [-0.2, 0) is 13.1 Å². The van der Waals surface area contributed by atoms with E-state index in [9.17, 15) is 8.78 Å². The maximum atomic E-state index is 13.8. The molecule has 0 spiro atoms. The molecule has 3 rings (SSSR count). The van der Waals surface area contributed by atoms with Crippen LogP contribution in [0.15, 0.2) is 59.2 Å². The molecule has 1 heterocycles. The molecule has 2 N–H and O–H groups in total. The van der Waals surface area contributed by atoms with E-state index in [1.54, 1.807) is 41.2 Å². The second-order valence-corrected chi connectivity index (χ2v) is 6.81. The van der Waals surface area contributed by atoms with Crippen molar-refractivity contribution < 1.29 is 8.78 Å². The molecule has 0 fully saturated rings. The number of nitrogens with one attached hydrogen (secondary N) is 2. The number of hydrogen-bond donors (Lipinski definition) is 2. The molecule has 1 aromatic heterocycles. The zero-order chi connectivity index (χ0) is 18.5. The average molecular weight is 437 g/mol. The molecular weight excluding hydrogens is 422 g/mol. The van der Waals surface area contributed by atoms with Gasteiger partial charge in [0, 0.05) is 18.3 Å². The summed E-state index contributed by atoms with van der Waals surface area (Å²) in [6.45, 7) is 0.766. The summed E-state index contributed by atoms with van der Waals surface area (Å²) in [7, 11) is 0. The maximum Gasteiger partial charge on any atom is 0.172 e. The highest BCUT2D eigenvalue weighted by molar-refractivity contribution is 9.10. The van der Waals surface area contributed by atoms with E-state index in [4.69, 9.17) is 12.2 Å². The Labute approximate surface area is 163 Å². The minimum atomic E-state index is -0.279. The Balaban J connectivity index is 1.59. The summed E-state index contributed by atoms with van der Waals surface area (Å²) in [4.78, 5) is 0. The summed E-state index contributed by atoms with van der Waals surface area (Å²) in [6, 6.07) is 12.7. The first-order valence-corrected chi connectivity index (χ1v) is 8.97. The van der Waals surface area contributed by atoms with E-state index < -0.39 is 0 Å². The zero-order valence-corrected chi connectivity index (χ0v) is 15.9. The molecule has 0 atom stereocenters. The number of benzene rings is 2. The molecule has 0 saturated heterocycles. The van der Waals surface area contributed by atoms with E-state index in [1.807, 2.05) is 0 Å². The van der Waals surface area contributed by atoms with Gasteiger partial charge in [0.15, 0.2) is 10.9 Å². The normalized spacial score (nSPS) is 10.6. The van der Waals surface area contributed by atoms with Crippen molar-refractivity contribution in [3.63, 3.8) is 0 Å². The summed E-state index contributed by atoms with van der Waals surface area (Å²) in [5, 5.41) is 10.8. The maximum absolute atomic E-state index is 13.8. The van der Waals surface area contributed by atoms with Gasteiger partial charge in [0.25, 0.3) is 0 Å². The molecule has 8 heteroatoms. The van der Waals surface area contributed by atoms with E-state index in [0.717, 1.165) is 5.56 Å². The lowest BCUT2D eigenvalue weighted by molar-refractivity contribution is 0.585. The standard InChI is InChI=1S/C18H15BrF2N4S/c19-15-11-25(10-13-3-1-2-4-16(13)21)24-17(15)23-18(26)22-9-12-5-7-14(20)8-6-12/h1-8,11H,9-10H2,(H2,22,23,24,26). The first kappa shape index (κ1) is 18.5. The van der Waals surface area contributed by atoms with Gasteiger partial charge in [-0.2, -0.15) is 5.10 Å². The molecule has 4 nitrogen and oxygen atoms in total. The van der Waals surface area contributed by atoms with Gasteiger partial charge in [-0.05, 0) is 51.9 Å². The molecule has 0 aliphatic rings. The lowest BCUT2D eigenvalue weighted by Crippen LogP contribution is -2.28. The van der Waals surface area contributed by atoms with Crippen LogP contribution in [0, 0.1) is 11.6 Å². The highest BCUT2D eigenvalue weighted by Crippen LogP contribution is 2.21. The van der Waals surface area contributed by atoms with E-state index in [2.05, 4.69) is 31.7 Å². The number of thiocarbonyl (C=S) groups is 1. The number of aromatic nitrogens is 2. The molecular formula is C18H15BrF2N4S. The van der Waals surface area contributed by atoms with Crippen LogP contribution in [0.25, 0.3) is 0 Å². The Morgan fingerprint density at radius 2 is 1.85 bits per heavy atom. The van der Waals surface area contributed by atoms with Crippen LogP contribution in [0.1, 0.15) is 11.1 Å². The fourth-order valence-electron chi connectivity index (χ4n) is 2.30. The van der Waals surface area contributed by atoms with Gasteiger partial charge in [0.2, 0.25) is 0 Å². The second-order valence-electron chi connectivity index (χ2n) is 5.55. The van der Waals surface area contributed by atoms with Crippen LogP contribution in [0.2, 0.25) is 0 Å². The number of halogens is 3. The van der Waals surface area contributed by atoms with Gasteiger partial charge in [0.1, 0.15) is 11.6 Å². The fraction of sp³-hybridized carbons (Fsp3) is 0.111. The van der Waals surface area contributed by atoms with Gasteiger partial charge in [-0.1, -0.05) is 30.3 Å². The van der Waals surface area contributed by atoms with Gasteiger partial charge in [-0.3, -0.25) is 4.68 Å². The minimum Gasteiger partial charge on any atom is -0.358 e. The Morgan fingerprint density at radius 3 is 2.58 bits per heavy atom. The average Bonchev–Trinajstić information content (AvgIpc) is 2.95. The second kappa shape index (κ2) is 8.37. The van der Waals surface area contributed by atoms with Crippen molar-refractivity contribution in [1.29, 1.82) is 0 Å². The van der Waals surface area contributed by atoms with Crippen LogP contribution in [0.4, 0.5) is 14.6 Å². The molecule has 26 heavy (non-hydrogen) atoms. The van der Waals surface area contributed by atoms with Crippen molar-refractivity contribution in [2.24, 2.45) is 0 Å². The molecule has 0 bridgehead atoms. The Bertz CT molecular complexity index is 912. The Morgan fingerprint density at radius 1 is 1.12 bits per heavy atom. The van der Waals surface area contributed by atoms with Gasteiger partial charge in [-0.15, -0.1) is 0 Å². The highest BCUT2D eigenvalue weighted by Gasteiger charge is 2.10. The van der Waals surface area contributed by atoms with Crippen LogP contribution in [0.3, 0.4) is 0 Å². The molecule has 0 unspecified atom stereocenters. The number of anilines is 1. The van der Waals surface area contributed by atoms with Crippen molar-refractivity contribution in [3.05, 3.63) is 82.0 Å². The largest absolute Gasteiger partial charge is 0.358 e. The van der Waals surface area contributed by atoms with Crippen LogP contribution < -0.4 is 10.6 Å². The Kier molecular flexibility index (Phi) is 5.95. The number of hydrogen-bond acceptors (Lipinski definition) is 2.